The number of fused-ring (bicyclic) bond motifs is 1. The Morgan fingerprint density at radius 1 is 1.10 bits per heavy atom. The molecule has 0 unspecified atom stereocenters. The molecule has 8 nitrogen and oxygen atoms in total. The molecule has 0 aliphatic carbocycles. The zero-order valence-electron chi connectivity index (χ0n) is 10.4. The summed E-state index contributed by atoms with van der Waals surface area (Å²) in [4.78, 5) is 26.6. The second kappa shape index (κ2) is 4.63. The van der Waals surface area contributed by atoms with E-state index >= 15 is 0 Å². The maximum absolute atomic E-state index is 12.1. The Bertz CT molecular complexity index is 1010. The van der Waals surface area contributed by atoms with Gasteiger partial charge in [0.1, 0.15) is 4.90 Å². The molecule has 2 aromatic heterocycles. The van der Waals surface area contributed by atoms with Gasteiger partial charge < -0.3 is 9.40 Å². The fraction of sp³-hybridized carbons (Fsp3) is 0. The Hall–Kier alpha value is -2.81. The molecule has 3 rings (SSSR count). The van der Waals surface area contributed by atoms with Crippen molar-refractivity contribution in [1.29, 1.82) is 0 Å². The molecule has 0 bridgehead atoms. The van der Waals surface area contributed by atoms with E-state index in [9.17, 15) is 18.0 Å². The second-order valence-corrected chi connectivity index (χ2v) is 5.90. The third-order valence-corrected chi connectivity index (χ3v) is 4.12. The van der Waals surface area contributed by atoms with Crippen LogP contribution in [0.5, 0.6) is 0 Å². The van der Waals surface area contributed by atoms with E-state index in [0.29, 0.717) is 11.1 Å². The molecule has 1 aromatic carbocycles. The van der Waals surface area contributed by atoms with Crippen molar-refractivity contribution in [2.75, 3.05) is 4.72 Å². The standard InChI is InChI=1S/C12H9N3O5S/c16-11-4-2-8(6-13-11)21(18,19)15-7-1-3-10-9(5-7)14-12(17)20-10/h1-6,15H,(H,13,16)(H,14,17). The van der Waals surface area contributed by atoms with E-state index in [2.05, 4.69) is 14.7 Å². The lowest BCUT2D eigenvalue weighted by Crippen LogP contribution is -2.15. The number of hydrogen-bond acceptors (Lipinski definition) is 5. The lowest BCUT2D eigenvalue weighted by atomic mass is 10.3. The number of nitrogens with one attached hydrogen (secondary N) is 3. The van der Waals surface area contributed by atoms with E-state index in [-0.39, 0.29) is 10.6 Å². The molecule has 0 aliphatic rings. The molecule has 0 saturated heterocycles. The van der Waals surface area contributed by atoms with Crippen molar-refractivity contribution in [2.24, 2.45) is 0 Å². The highest BCUT2D eigenvalue weighted by Gasteiger charge is 2.14. The van der Waals surface area contributed by atoms with Gasteiger partial charge in [-0.2, -0.15) is 0 Å². The molecule has 0 amide bonds. The van der Waals surface area contributed by atoms with Crippen molar-refractivity contribution in [3.63, 3.8) is 0 Å². The summed E-state index contributed by atoms with van der Waals surface area (Å²) < 4.78 is 31.4. The van der Waals surface area contributed by atoms with Crippen molar-refractivity contribution < 1.29 is 12.8 Å². The number of H-pyrrole nitrogens is 2. The summed E-state index contributed by atoms with van der Waals surface area (Å²) in [5.41, 5.74) is 0.561. The van der Waals surface area contributed by atoms with Crippen LogP contribution < -0.4 is 16.0 Å². The normalized spacial score (nSPS) is 11.6. The number of aromatic amines is 2. The van der Waals surface area contributed by atoms with Crippen LogP contribution in [0.25, 0.3) is 11.1 Å². The average Bonchev–Trinajstić information content (AvgIpc) is 2.78. The van der Waals surface area contributed by atoms with Gasteiger partial charge in [-0.25, -0.2) is 13.2 Å². The Labute approximate surface area is 117 Å². The van der Waals surface area contributed by atoms with Crippen LogP contribution in [0.2, 0.25) is 0 Å². The maximum atomic E-state index is 12.1. The first kappa shape index (κ1) is 13.2. The van der Waals surface area contributed by atoms with E-state index in [1.54, 1.807) is 0 Å². The quantitative estimate of drug-likeness (QED) is 0.653. The van der Waals surface area contributed by atoms with Gasteiger partial charge in [0.15, 0.2) is 5.58 Å². The number of rotatable bonds is 3. The molecule has 0 saturated carbocycles. The van der Waals surface area contributed by atoms with E-state index in [0.717, 1.165) is 12.3 Å². The maximum Gasteiger partial charge on any atom is 0.417 e. The van der Waals surface area contributed by atoms with Crippen LogP contribution in [0.15, 0.2) is 55.4 Å². The van der Waals surface area contributed by atoms with E-state index in [1.165, 1.54) is 24.3 Å². The Kier molecular flexibility index (Phi) is 2.91. The molecule has 0 fully saturated rings. The number of hydrogen-bond donors (Lipinski definition) is 3. The number of pyridine rings is 1. The van der Waals surface area contributed by atoms with E-state index in [4.69, 9.17) is 4.42 Å². The van der Waals surface area contributed by atoms with Gasteiger partial charge in [-0.3, -0.25) is 14.5 Å². The molecule has 2 heterocycles. The number of sulfonamides is 1. The van der Waals surface area contributed by atoms with E-state index < -0.39 is 21.3 Å². The molecule has 21 heavy (non-hydrogen) atoms. The molecule has 0 spiro atoms. The molecule has 0 atom stereocenters. The molecule has 3 aromatic rings. The van der Waals surface area contributed by atoms with Crippen molar-refractivity contribution >= 4 is 26.8 Å². The number of aromatic nitrogens is 2. The van der Waals surface area contributed by atoms with Crippen molar-refractivity contribution in [3.8, 4) is 0 Å². The van der Waals surface area contributed by atoms with E-state index in [1.807, 2.05) is 0 Å². The van der Waals surface area contributed by atoms with Gasteiger partial charge >= 0.3 is 5.76 Å². The van der Waals surface area contributed by atoms with Crippen molar-refractivity contribution in [1.82, 2.24) is 9.97 Å². The molecule has 9 heteroatoms. The van der Waals surface area contributed by atoms with Crippen molar-refractivity contribution in [2.45, 2.75) is 4.90 Å². The summed E-state index contributed by atoms with van der Waals surface area (Å²) in [5, 5.41) is 0. The van der Waals surface area contributed by atoms with Crippen LogP contribution in [0.3, 0.4) is 0 Å². The van der Waals surface area contributed by atoms with Gasteiger partial charge in [0, 0.05) is 12.3 Å². The Morgan fingerprint density at radius 3 is 2.62 bits per heavy atom. The third-order valence-electron chi connectivity index (χ3n) is 2.74. The van der Waals surface area contributed by atoms with Gasteiger partial charge in [0.25, 0.3) is 10.0 Å². The third kappa shape index (κ3) is 2.58. The largest absolute Gasteiger partial charge is 0.417 e. The highest BCUT2D eigenvalue weighted by Crippen LogP contribution is 2.19. The van der Waals surface area contributed by atoms with Crippen molar-refractivity contribution in [3.05, 3.63) is 57.4 Å². The lowest BCUT2D eigenvalue weighted by Gasteiger charge is -2.07. The van der Waals surface area contributed by atoms with Crippen LogP contribution in [-0.4, -0.2) is 18.4 Å². The summed E-state index contributed by atoms with van der Waals surface area (Å²) in [6.07, 6.45) is 1.10. The van der Waals surface area contributed by atoms with Crippen LogP contribution in [0.1, 0.15) is 0 Å². The van der Waals surface area contributed by atoms with Crippen LogP contribution in [0.4, 0.5) is 5.69 Å². The summed E-state index contributed by atoms with van der Waals surface area (Å²) >= 11 is 0. The molecule has 3 N–H and O–H groups in total. The summed E-state index contributed by atoms with van der Waals surface area (Å²) in [6, 6.07) is 6.68. The summed E-state index contributed by atoms with van der Waals surface area (Å²) in [5.74, 6) is -0.620. The Balaban J connectivity index is 1.98. The van der Waals surface area contributed by atoms with Gasteiger partial charge in [0.2, 0.25) is 5.56 Å². The predicted octanol–water partition coefficient (Wildman–Crippen LogP) is 0.610. The lowest BCUT2D eigenvalue weighted by molar-refractivity contribution is 0.555. The average molecular weight is 307 g/mol. The zero-order valence-corrected chi connectivity index (χ0v) is 11.2. The minimum Gasteiger partial charge on any atom is -0.408 e. The minimum atomic E-state index is -3.83. The van der Waals surface area contributed by atoms with Gasteiger partial charge in [-0.1, -0.05) is 0 Å². The predicted molar refractivity (Wildman–Crippen MR) is 74.7 cm³/mol. The van der Waals surface area contributed by atoms with Crippen LogP contribution in [-0.2, 0) is 10.0 Å². The first-order valence-electron chi connectivity index (χ1n) is 5.78. The fourth-order valence-electron chi connectivity index (χ4n) is 1.79. The second-order valence-electron chi connectivity index (χ2n) is 4.22. The fourth-order valence-corrected chi connectivity index (χ4v) is 2.81. The molecular formula is C12H9N3O5S. The van der Waals surface area contributed by atoms with Gasteiger partial charge in [0.05, 0.1) is 11.2 Å². The highest BCUT2D eigenvalue weighted by molar-refractivity contribution is 7.92. The Morgan fingerprint density at radius 2 is 1.90 bits per heavy atom. The first-order valence-corrected chi connectivity index (χ1v) is 7.27. The minimum absolute atomic E-state index is 0.0807. The number of oxazole rings is 1. The topological polar surface area (TPSA) is 125 Å². The monoisotopic (exact) mass is 307 g/mol. The first-order chi connectivity index (χ1) is 9.94. The zero-order chi connectivity index (χ0) is 15.0. The highest BCUT2D eigenvalue weighted by atomic mass is 32.2. The summed E-state index contributed by atoms with van der Waals surface area (Å²) in [7, 11) is -3.83. The van der Waals surface area contributed by atoms with Gasteiger partial charge in [-0.15, -0.1) is 0 Å². The molecular weight excluding hydrogens is 298 g/mol. The van der Waals surface area contributed by atoms with Crippen LogP contribution in [0, 0.1) is 0 Å². The van der Waals surface area contributed by atoms with Gasteiger partial charge in [-0.05, 0) is 24.3 Å². The number of anilines is 1. The SMILES string of the molecule is O=c1ccc(S(=O)(=O)Nc2ccc3oc(=O)[nH]c3c2)c[nH]1. The number of benzene rings is 1. The smallest absolute Gasteiger partial charge is 0.408 e. The molecule has 108 valence electrons. The molecule has 0 radical (unpaired) electrons. The summed E-state index contributed by atoms with van der Waals surface area (Å²) in [6.45, 7) is 0. The van der Waals surface area contributed by atoms with Crippen LogP contribution >= 0.6 is 0 Å². The molecule has 0 aliphatic heterocycles.